The van der Waals surface area contributed by atoms with Gasteiger partial charge in [-0.1, -0.05) is 30.3 Å². The van der Waals surface area contributed by atoms with E-state index in [1.54, 1.807) is 0 Å². The van der Waals surface area contributed by atoms with Gasteiger partial charge in [0.05, 0.1) is 6.10 Å². The van der Waals surface area contributed by atoms with E-state index in [-0.39, 0.29) is 6.10 Å². The van der Waals surface area contributed by atoms with Crippen molar-refractivity contribution in [3.8, 4) is 0 Å². The summed E-state index contributed by atoms with van der Waals surface area (Å²) in [6.07, 6.45) is 2.12. The molecule has 1 aromatic carbocycles. The van der Waals surface area contributed by atoms with E-state index in [0.717, 1.165) is 19.6 Å². The Balaban J connectivity index is 1.70. The first-order valence-corrected chi connectivity index (χ1v) is 6.92. The van der Waals surface area contributed by atoms with Gasteiger partial charge in [0, 0.05) is 19.1 Å². The molecule has 0 aromatic heterocycles. The fraction of sp³-hybridized carbons (Fsp3) is 0.600. The van der Waals surface area contributed by atoms with Crippen LogP contribution < -0.4 is 5.32 Å². The molecule has 1 fully saturated rings. The molecule has 0 unspecified atom stereocenters. The molecule has 18 heavy (non-hydrogen) atoms. The minimum absolute atomic E-state index is 0.243. The number of piperidine rings is 1. The number of nitrogens with one attached hydrogen (secondary N) is 1. The van der Waals surface area contributed by atoms with Crippen molar-refractivity contribution in [2.45, 2.75) is 38.5 Å². The summed E-state index contributed by atoms with van der Waals surface area (Å²) < 4.78 is 0. The molecule has 2 rings (SSSR count). The first-order chi connectivity index (χ1) is 8.74. The van der Waals surface area contributed by atoms with Crippen molar-refractivity contribution in [2.75, 3.05) is 19.6 Å². The van der Waals surface area contributed by atoms with Crippen LogP contribution in [0.5, 0.6) is 0 Å². The van der Waals surface area contributed by atoms with Gasteiger partial charge in [-0.05, 0) is 38.4 Å². The van der Waals surface area contributed by atoms with Crippen molar-refractivity contribution in [3.05, 3.63) is 35.9 Å². The molecule has 0 aliphatic carbocycles. The van der Waals surface area contributed by atoms with Crippen LogP contribution in [0.2, 0.25) is 0 Å². The van der Waals surface area contributed by atoms with Gasteiger partial charge in [-0.3, -0.25) is 4.90 Å². The van der Waals surface area contributed by atoms with Gasteiger partial charge in [-0.25, -0.2) is 0 Å². The second-order valence-electron chi connectivity index (χ2n) is 5.29. The van der Waals surface area contributed by atoms with Crippen molar-refractivity contribution in [3.63, 3.8) is 0 Å². The van der Waals surface area contributed by atoms with E-state index in [4.69, 9.17) is 0 Å². The van der Waals surface area contributed by atoms with E-state index in [1.165, 1.54) is 18.4 Å². The Labute approximate surface area is 110 Å². The molecule has 100 valence electrons. The summed E-state index contributed by atoms with van der Waals surface area (Å²) in [7, 11) is 0. The van der Waals surface area contributed by atoms with Gasteiger partial charge in [-0.15, -0.1) is 0 Å². The molecular weight excluding hydrogens is 224 g/mol. The number of hydrogen-bond donors (Lipinski definition) is 2. The maximum atomic E-state index is 9.26. The molecule has 1 aliphatic heterocycles. The second kappa shape index (κ2) is 6.88. The lowest BCUT2D eigenvalue weighted by Gasteiger charge is -2.32. The van der Waals surface area contributed by atoms with E-state index in [0.29, 0.717) is 12.6 Å². The predicted octanol–water partition coefficient (Wildman–Crippen LogP) is 1.62. The topological polar surface area (TPSA) is 35.5 Å². The quantitative estimate of drug-likeness (QED) is 0.831. The van der Waals surface area contributed by atoms with Crippen molar-refractivity contribution >= 4 is 0 Å². The van der Waals surface area contributed by atoms with Gasteiger partial charge in [0.2, 0.25) is 0 Å². The summed E-state index contributed by atoms with van der Waals surface area (Å²) in [6, 6.07) is 11.2. The van der Waals surface area contributed by atoms with Crippen molar-refractivity contribution in [2.24, 2.45) is 0 Å². The fourth-order valence-corrected chi connectivity index (χ4v) is 2.47. The summed E-state index contributed by atoms with van der Waals surface area (Å²) in [5, 5.41) is 12.7. The van der Waals surface area contributed by atoms with Gasteiger partial charge in [0.1, 0.15) is 0 Å². The molecule has 0 spiro atoms. The van der Waals surface area contributed by atoms with E-state index in [2.05, 4.69) is 40.5 Å². The van der Waals surface area contributed by atoms with Crippen molar-refractivity contribution in [1.82, 2.24) is 10.2 Å². The first kappa shape index (κ1) is 13.5. The lowest BCUT2D eigenvalue weighted by Crippen LogP contribution is -2.43. The average molecular weight is 248 g/mol. The van der Waals surface area contributed by atoms with E-state index in [1.807, 2.05) is 6.92 Å². The molecule has 2 N–H and O–H groups in total. The average Bonchev–Trinajstić information content (AvgIpc) is 2.39. The largest absolute Gasteiger partial charge is 0.392 e. The molecule has 0 bridgehead atoms. The Hall–Kier alpha value is -0.900. The predicted molar refractivity (Wildman–Crippen MR) is 74.4 cm³/mol. The van der Waals surface area contributed by atoms with E-state index in [9.17, 15) is 5.11 Å². The van der Waals surface area contributed by atoms with Crippen molar-refractivity contribution < 1.29 is 5.11 Å². The second-order valence-corrected chi connectivity index (χ2v) is 5.29. The number of rotatable bonds is 5. The van der Waals surface area contributed by atoms with Gasteiger partial charge in [0.25, 0.3) is 0 Å². The van der Waals surface area contributed by atoms with Crippen LogP contribution in [-0.4, -0.2) is 41.8 Å². The zero-order valence-corrected chi connectivity index (χ0v) is 11.2. The van der Waals surface area contributed by atoms with E-state index < -0.39 is 0 Å². The van der Waals surface area contributed by atoms with Crippen LogP contribution in [0.25, 0.3) is 0 Å². The molecule has 1 atom stereocenters. The standard InChI is InChI=1S/C15H24N2O/c1-13(18)11-16-15-7-9-17(10-8-15)12-14-5-3-2-4-6-14/h2-6,13,15-16,18H,7-12H2,1H3/t13-/m1/s1. The van der Waals surface area contributed by atoms with Crippen LogP contribution in [0.15, 0.2) is 30.3 Å². The number of aliphatic hydroxyl groups excluding tert-OH is 1. The molecular formula is C15H24N2O. The highest BCUT2D eigenvalue weighted by molar-refractivity contribution is 5.14. The Morgan fingerprint density at radius 1 is 1.28 bits per heavy atom. The molecule has 0 radical (unpaired) electrons. The van der Waals surface area contributed by atoms with Crippen LogP contribution in [0, 0.1) is 0 Å². The minimum atomic E-state index is -0.243. The summed E-state index contributed by atoms with van der Waals surface area (Å²) >= 11 is 0. The highest BCUT2D eigenvalue weighted by atomic mass is 16.3. The third-order valence-electron chi connectivity index (χ3n) is 3.54. The summed E-state index contributed by atoms with van der Waals surface area (Å²) in [6.45, 7) is 5.89. The maximum absolute atomic E-state index is 9.26. The number of nitrogens with zero attached hydrogens (tertiary/aromatic N) is 1. The summed E-state index contributed by atoms with van der Waals surface area (Å²) in [5.41, 5.74) is 1.40. The van der Waals surface area contributed by atoms with Crippen LogP contribution in [-0.2, 0) is 6.54 Å². The van der Waals surface area contributed by atoms with Crippen LogP contribution in [0.3, 0.4) is 0 Å². The molecule has 1 aliphatic rings. The SMILES string of the molecule is C[C@@H](O)CNC1CCN(Cc2ccccc2)CC1. The first-order valence-electron chi connectivity index (χ1n) is 6.92. The highest BCUT2D eigenvalue weighted by Gasteiger charge is 2.18. The molecule has 1 saturated heterocycles. The lowest BCUT2D eigenvalue weighted by atomic mass is 10.0. The Morgan fingerprint density at radius 3 is 2.56 bits per heavy atom. The van der Waals surface area contributed by atoms with Crippen molar-refractivity contribution in [1.29, 1.82) is 0 Å². The van der Waals surface area contributed by atoms with Gasteiger partial charge < -0.3 is 10.4 Å². The third kappa shape index (κ3) is 4.41. The molecule has 3 nitrogen and oxygen atoms in total. The normalized spacial score (nSPS) is 19.9. The Morgan fingerprint density at radius 2 is 1.94 bits per heavy atom. The molecule has 3 heteroatoms. The maximum Gasteiger partial charge on any atom is 0.0636 e. The number of aliphatic hydroxyl groups is 1. The molecule has 1 heterocycles. The summed E-state index contributed by atoms with van der Waals surface area (Å²) in [4.78, 5) is 2.51. The molecule has 0 amide bonds. The Kier molecular flexibility index (Phi) is 5.17. The zero-order valence-electron chi connectivity index (χ0n) is 11.2. The molecule has 1 aromatic rings. The number of likely N-dealkylation sites (tertiary alicyclic amines) is 1. The third-order valence-corrected chi connectivity index (χ3v) is 3.54. The molecule has 0 saturated carbocycles. The van der Waals surface area contributed by atoms with Gasteiger partial charge >= 0.3 is 0 Å². The highest BCUT2D eigenvalue weighted by Crippen LogP contribution is 2.13. The summed E-state index contributed by atoms with van der Waals surface area (Å²) in [5.74, 6) is 0. The van der Waals surface area contributed by atoms with Crippen LogP contribution in [0.1, 0.15) is 25.3 Å². The zero-order chi connectivity index (χ0) is 12.8. The Bertz CT molecular complexity index is 332. The van der Waals surface area contributed by atoms with Gasteiger partial charge in [0.15, 0.2) is 0 Å². The van der Waals surface area contributed by atoms with Crippen LogP contribution >= 0.6 is 0 Å². The minimum Gasteiger partial charge on any atom is -0.392 e. The van der Waals surface area contributed by atoms with Crippen LogP contribution in [0.4, 0.5) is 0 Å². The number of hydrogen-bond acceptors (Lipinski definition) is 3. The fourth-order valence-electron chi connectivity index (χ4n) is 2.47. The lowest BCUT2D eigenvalue weighted by molar-refractivity contribution is 0.159. The van der Waals surface area contributed by atoms with E-state index >= 15 is 0 Å². The monoisotopic (exact) mass is 248 g/mol. The number of benzene rings is 1. The van der Waals surface area contributed by atoms with Gasteiger partial charge in [-0.2, -0.15) is 0 Å². The smallest absolute Gasteiger partial charge is 0.0636 e.